The van der Waals surface area contributed by atoms with Gasteiger partial charge in [-0.05, 0) is 12.1 Å². The first kappa shape index (κ1) is 13.4. The van der Waals surface area contributed by atoms with E-state index in [1.54, 1.807) is 16.9 Å². The van der Waals surface area contributed by atoms with Crippen molar-refractivity contribution in [1.82, 2.24) is 9.78 Å². The number of anilines is 1. The highest BCUT2D eigenvalue weighted by atomic mass is 19.1. The topological polar surface area (TPSA) is 59.3 Å². The monoisotopic (exact) mass is 265 g/mol. The average Bonchev–Trinajstić information content (AvgIpc) is 2.85. The van der Waals surface area contributed by atoms with Gasteiger partial charge in [-0.1, -0.05) is 0 Å². The highest BCUT2D eigenvalue weighted by Gasteiger charge is 2.05. The zero-order valence-electron chi connectivity index (χ0n) is 10.6. The molecule has 6 heteroatoms. The summed E-state index contributed by atoms with van der Waals surface area (Å²) < 4.78 is 19.8. The molecule has 0 atom stereocenters. The van der Waals surface area contributed by atoms with Crippen LogP contribution in [0, 0.1) is 5.82 Å². The molecule has 19 heavy (non-hydrogen) atoms. The van der Waals surface area contributed by atoms with E-state index in [4.69, 9.17) is 9.84 Å². The predicted molar refractivity (Wildman–Crippen MR) is 69.6 cm³/mol. The summed E-state index contributed by atoms with van der Waals surface area (Å²) in [5.74, 6) is 0.126. The molecule has 0 spiro atoms. The normalized spacial score (nSPS) is 10.5. The maximum absolute atomic E-state index is 13.0. The van der Waals surface area contributed by atoms with Crippen LogP contribution in [0.1, 0.15) is 5.56 Å². The van der Waals surface area contributed by atoms with Gasteiger partial charge in [0.2, 0.25) is 0 Å². The van der Waals surface area contributed by atoms with Gasteiger partial charge in [0, 0.05) is 24.4 Å². The van der Waals surface area contributed by atoms with Crippen molar-refractivity contribution in [1.29, 1.82) is 0 Å². The van der Waals surface area contributed by atoms with Gasteiger partial charge in [0.05, 0.1) is 32.1 Å². The Morgan fingerprint density at radius 3 is 3.05 bits per heavy atom. The number of methoxy groups -OCH3 is 1. The molecule has 0 fully saturated rings. The lowest BCUT2D eigenvalue weighted by atomic mass is 10.2. The van der Waals surface area contributed by atoms with Crippen LogP contribution in [0.15, 0.2) is 30.6 Å². The van der Waals surface area contributed by atoms with Crippen molar-refractivity contribution in [3.63, 3.8) is 0 Å². The number of aliphatic hydroxyl groups is 1. The van der Waals surface area contributed by atoms with Crippen molar-refractivity contribution in [2.45, 2.75) is 13.1 Å². The van der Waals surface area contributed by atoms with Gasteiger partial charge in [-0.15, -0.1) is 0 Å². The molecule has 0 amide bonds. The maximum atomic E-state index is 13.0. The number of halogens is 1. The summed E-state index contributed by atoms with van der Waals surface area (Å²) in [6.45, 7) is 1.08. The van der Waals surface area contributed by atoms with Gasteiger partial charge in [-0.3, -0.25) is 4.68 Å². The Morgan fingerprint density at radius 1 is 1.47 bits per heavy atom. The van der Waals surface area contributed by atoms with Gasteiger partial charge in [-0.2, -0.15) is 5.10 Å². The van der Waals surface area contributed by atoms with Crippen molar-refractivity contribution in [2.75, 3.05) is 19.0 Å². The van der Waals surface area contributed by atoms with E-state index in [0.717, 1.165) is 11.3 Å². The van der Waals surface area contributed by atoms with Crippen LogP contribution in [0.25, 0.3) is 0 Å². The second-order valence-electron chi connectivity index (χ2n) is 4.03. The van der Waals surface area contributed by atoms with E-state index in [1.165, 1.54) is 19.2 Å². The lowest BCUT2D eigenvalue weighted by Gasteiger charge is -2.10. The van der Waals surface area contributed by atoms with Crippen molar-refractivity contribution in [3.05, 3.63) is 42.0 Å². The van der Waals surface area contributed by atoms with Gasteiger partial charge >= 0.3 is 0 Å². The number of hydrogen-bond acceptors (Lipinski definition) is 4. The Labute approximate surface area is 110 Å². The quantitative estimate of drug-likeness (QED) is 0.833. The van der Waals surface area contributed by atoms with Crippen molar-refractivity contribution >= 4 is 5.69 Å². The van der Waals surface area contributed by atoms with Crippen LogP contribution >= 0.6 is 0 Å². The number of aromatic nitrogens is 2. The molecule has 5 nitrogen and oxygen atoms in total. The Bertz CT molecular complexity index is 542. The minimum atomic E-state index is -0.335. The molecule has 102 valence electrons. The van der Waals surface area contributed by atoms with Gasteiger partial charge in [-0.25, -0.2) is 4.39 Å². The highest BCUT2D eigenvalue weighted by Crippen LogP contribution is 2.25. The number of benzene rings is 1. The van der Waals surface area contributed by atoms with E-state index < -0.39 is 0 Å². The van der Waals surface area contributed by atoms with E-state index in [2.05, 4.69) is 10.4 Å². The first-order valence-electron chi connectivity index (χ1n) is 5.92. The van der Waals surface area contributed by atoms with Gasteiger partial charge in [0.15, 0.2) is 0 Å². The highest BCUT2D eigenvalue weighted by molar-refractivity contribution is 5.56. The van der Waals surface area contributed by atoms with Crippen LogP contribution in [0.4, 0.5) is 10.1 Å². The fourth-order valence-corrected chi connectivity index (χ4v) is 1.73. The van der Waals surface area contributed by atoms with Crippen molar-refractivity contribution in [3.8, 4) is 5.75 Å². The maximum Gasteiger partial charge on any atom is 0.144 e. The molecule has 0 aliphatic carbocycles. The zero-order valence-corrected chi connectivity index (χ0v) is 10.6. The Kier molecular flexibility index (Phi) is 4.35. The standard InChI is InChI=1S/C13H16FN3O2/c1-19-13-6-11(14)2-3-12(13)15-7-10-8-16-17(9-10)4-5-18/h2-3,6,8-9,15,18H,4-5,7H2,1H3. The minimum Gasteiger partial charge on any atom is -0.494 e. The smallest absolute Gasteiger partial charge is 0.144 e. The summed E-state index contributed by atoms with van der Waals surface area (Å²) in [5, 5.41) is 16.1. The summed E-state index contributed by atoms with van der Waals surface area (Å²) in [4.78, 5) is 0. The molecule has 0 bridgehead atoms. The number of nitrogens with one attached hydrogen (secondary N) is 1. The lowest BCUT2D eigenvalue weighted by Crippen LogP contribution is -2.03. The molecule has 0 unspecified atom stereocenters. The third-order valence-electron chi connectivity index (χ3n) is 2.66. The van der Waals surface area contributed by atoms with E-state index in [9.17, 15) is 4.39 Å². The fourth-order valence-electron chi connectivity index (χ4n) is 1.73. The summed E-state index contributed by atoms with van der Waals surface area (Å²) in [6, 6.07) is 4.34. The molecule has 1 aromatic heterocycles. The Balaban J connectivity index is 2.01. The molecular weight excluding hydrogens is 249 g/mol. The lowest BCUT2D eigenvalue weighted by molar-refractivity contribution is 0.269. The summed E-state index contributed by atoms with van der Waals surface area (Å²) in [6.07, 6.45) is 3.57. The summed E-state index contributed by atoms with van der Waals surface area (Å²) >= 11 is 0. The second kappa shape index (κ2) is 6.19. The first-order chi connectivity index (χ1) is 9.22. The third kappa shape index (κ3) is 3.45. The average molecular weight is 265 g/mol. The van der Waals surface area contributed by atoms with Gasteiger partial charge in [0.25, 0.3) is 0 Å². The minimum absolute atomic E-state index is 0.0559. The first-order valence-corrected chi connectivity index (χ1v) is 5.92. The van der Waals surface area contributed by atoms with E-state index in [-0.39, 0.29) is 12.4 Å². The predicted octanol–water partition coefficient (Wildman–Crippen LogP) is 1.64. The second-order valence-corrected chi connectivity index (χ2v) is 4.03. The molecule has 0 saturated carbocycles. The summed E-state index contributed by atoms with van der Waals surface area (Å²) in [5.41, 5.74) is 1.69. The molecule has 0 saturated heterocycles. The molecule has 2 aromatic rings. The van der Waals surface area contributed by atoms with Crippen LogP contribution in [-0.2, 0) is 13.1 Å². The number of rotatable bonds is 6. The van der Waals surface area contributed by atoms with Crippen LogP contribution in [0.5, 0.6) is 5.75 Å². The molecule has 0 aliphatic heterocycles. The van der Waals surface area contributed by atoms with Gasteiger partial charge in [0.1, 0.15) is 11.6 Å². The van der Waals surface area contributed by atoms with Crippen LogP contribution in [0.3, 0.4) is 0 Å². The third-order valence-corrected chi connectivity index (χ3v) is 2.66. The summed E-state index contributed by atoms with van der Waals surface area (Å²) in [7, 11) is 1.50. The van der Waals surface area contributed by atoms with Crippen LogP contribution in [0.2, 0.25) is 0 Å². The van der Waals surface area contributed by atoms with Gasteiger partial charge < -0.3 is 15.2 Å². The molecule has 2 rings (SSSR count). The molecule has 2 N–H and O–H groups in total. The fraction of sp³-hybridized carbons (Fsp3) is 0.308. The Morgan fingerprint density at radius 2 is 2.32 bits per heavy atom. The largest absolute Gasteiger partial charge is 0.494 e. The van der Waals surface area contributed by atoms with Crippen LogP contribution < -0.4 is 10.1 Å². The molecular formula is C13H16FN3O2. The van der Waals surface area contributed by atoms with E-state index in [1.807, 2.05) is 6.20 Å². The SMILES string of the molecule is COc1cc(F)ccc1NCc1cnn(CCO)c1. The van der Waals surface area contributed by atoms with Crippen LogP contribution in [-0.4, -0.2) is 28.6 Å². The number of nitrogens with zero attached hydrogens (tertiary/aromatic N) is 2. The van der Waals surface area contributed by atoms with E-state index in [0.29, 0.717) is 18.8 Å². The number of aliphatic hydroxyl groups excluding tert-OH is 1. The molecule has 0 aliphatic rings. The molecule has 0 radical (unpaired) electrons. The van der Waals surface area contributed by atoms with Crippen molar-refractivity contribution in [2.24, 2.45) is 0 Å². The number of hydrogen-bond donors (Lipinski definition) is 2. The zero-order chi connectivity index (χ0) is 13.7. The molecule has 1 aromatic carbocycles. The molecule has 1 heterocycles. The van der Waals surface area contributed by atoms with Crippen molar-refractivity contribution < 1.29 is 14.2 Å². The number of ether oxygens (including phenoxy) is 1. The van der Waals surface area contributed by atoms with E-state index >= 15 is 0 Å². The Hall–Kier alpha value is -2.08.